The van der Waals surface area contributed by atoms with Crippen molar-refractivity contribution in [1.82, 2.24) is 19.9 Å². The van der Waals surface area contributed by atoms with Gasteiger partial charge in [0.1, 0.15) is 23.2 Å². The van der Waals surface area contributed by atoms with Gasteiger partial charge in [-0.05, 0) is 92.7 Å². The number of aryl methyl sites for hydroxylation is 1. The van der Waals surface area contributed by atoms with E-state index in [1.807, 2.05) is 25.1 Å². The standard InChI is InChI=1S/C42H51F3N6O6/c1-8-9-10-11-12-29(15-18-35(52)48-41(54)42(43,44)45)56-34-16-13-24(2)21-30(34)47-31-22-28(14-17-33(31)55-7)38-49-39-36(32(46-6)23-51(39)50-38)40(53)57-37-26(4)19-25(3)20-27(37)5/h13-14,16-17,21-23,25-27,29,37,47H,8-12,15,18-20H2,1-5,7H3,(H,49,50)(H,48,52,54). The molecule has 4 aromatic rings. The maximum Gasteiger partial charge on any atom is 0.471 e. The number of esters is 1. The fourth-order valence-electron chi connectivity index (χ4n) is 7.68. The van der Waals surface area contributed by atoms with Crippen LogP contribution in [0.25, 0.3) is 21.9 Å². The van der Waals surface area contributed by atoms with Crippen LogP contribution in [0.4, 0.5) is 30.2 Å². The molecule has 1 aliphatic rings. The highest BCUT2D eigenvalue weighted by atomic mass is 19.4. The average Bonchev–Trinajstić information content (AvgIpc) is 3.72. The summed E-state index contributed by atoms with van der Waals surface area (Å²) in [5.41, 5.74) is 3.18. The van der Waals surface area contributed by atoms with Crippen molar-refractivity contribution < 1.29 is 41.8 Å². The number of nitrogens with zero attached hydrogens (tertiary/aromatic N) is 3. The summed E-state index contributed by atoms with van der Waals surface area (Å²) in [5, 5.41) is 7.99. The van der Waals surface area contributed by atoms with Crippen molar-refractivity contribution in [2.75, 3.05) is 12.4 Å². The Balaban J connectivity index is 1.40. The third kappa shape index (κ3) is 10.7. The first-order valence-electron chi connectivity index (χ1n) is 19.4. The molecule has 1 fully saturated rings. The zero-order chi connectivity index (χ0) is 41.4. The quantitative estimate of drug-likeness (QED) is 0.0579. The smallest absolute Gasteiger partial charge is 0.471 e. The summed E-state index contributed by atoms with van der Waals surface area (Å²) in [6.45, 7) is 18.1. The van der Waals surface area contributed by atoms with Crippen LogP contribution in [0.5, 0.6) is 11.5 Å². The molecular formula is C42H51F3N6O6. The molecule has 0 radical (unpaired) electrons. The second-order valence-electron chi connectivity index (χ2n) is 15.2. The minimum absolute atomic E-state index is 0.0875. The number of halogens is 3. The molecule has 2 aromatic heterocycles. The summed E-state index contributed by atoms with van der Waals surface area (Å²) in [5.74, 6) is -1.64. The first-order valence-corrected chi connectivity index (χ1v) is 19.4. The number of anilines is 2. The zero-order valence-corrected chi connectivity index (χ0v) is 33.2. The van der Waals surface area contributed by atoms with Gasteiger partial charge in [0.05, 0.1) is 31.2 Å². The molecule has 2 heterocycles. The number of methoxy groups -OCH3 is 1. The van der Waals surface area contributed by atoms with Gasteiger partial charge in [-0.15, -0.1) is 0 Å². The molecule has 0 aliphatic heterocycles. The van der Waals surface area contributed by atoms with Crippen LogP contribution in [-0.4, -0.2) is 57.9 Å². The van der Waals surface area contributed by atoms with E-state index in [1.165, 1.54) is 18.6 Å². The van der Waals surface area contributed by atoms with Crippen LogP contribution in [0.3, 0.4) is 0 Å². The van der Waals surface area contributed by atoms with Gasteiger partial charge in [-0.25, -0.2) is 14.6 Å². The number of amides is 2. The third-order valence-corrected chi connectivity index (χ3v) is 10.4. The highest BCUT2D eigenvalue weighted by Gasteiger charge is 2.40. The maximum absolute atomic E-state index is 13.7. The number of alkyl halides is 3. The summed E-state index contributed by atoms with van der Waals surface area (Å²) in [7, 11) is 1.53. The van der Waals surface area contributed by atoms with E-state index < -0.39 is 30.1 Å². The summed E-state index contributed by atoms with van der Waals surface area (Å²) in [6.07, 6.45) is 1.46. The number of rotatable bonds is 16. The number of carbonyl (C=O) groups excluding carboxylic acids is 3. The Morgan fingerprint density at radius 1 is 1.02 bits per heavy atom. The maximum atomic E-state index is 13.7. The molecule has 0 saturated heterocycles. The lowest BCUT2D eigenvalue weighted by atomic mass is 9.75. The van der Waals surface area contributed by atoms with Crippen LogP contribution in [0.2, 0.25) is 0 Å². The van der Waals surface area contributed by atoms with Gasteiger partial charge < -0.3 is 19.5 Å². The first-order chi connectivity index (χ1) is 27.1. The third-order valence-electron chi connectivity index (χ3n) is 10.4. The van der Waals surface area contributed by atoms with E-state index in [9.17, 15) is 27.6 Å². The van der Waals surface area contributed by atoms with Crippen LogP contribution < -0.4 is 20.1 Å². The minimum atomic E-state index is -5.16. The molecule has 5 rings (SSSR count). The Labute approximate surface area is 330 Å². The van der Waals surface area contributed by atoms with Gasteiger partial charge in [0.15, 0.2) is 11.5 Å². The largest absolute Gasteiger partial charge is 0.495 e. The highest BCUT2D eigenvalue weighted by molar-refractivity contribution is 6.03. The predicted octanol–water partition coefficient (Wildman–Crippen LogP) is 9.87. The summed E-state index contributed by atoms with van der Waals surface area (Å²) in [6, 6.07) is 10.9. The Bertz CT molecular complexity index is 2090. The van der Waals surface area contributed by atoms with E-state index in [0.717, 1.165) is 44.1 Å². The molecule has 0 spiro atoms. The molecule has 1 saturated carbocycles. The van der Waals surface area contributed by atoms with E-state index in [0.29, 0.717) is 46.6 Å². The van der Waals surface area contributed by atoms with Crippen LogP contribution in [-0.2, 0) is 14.3 Å². The molecule has 2 amide bonds. The molecule has 2 aromatic carbocycles. The van der Waals surface area contributed by atoms with Crippen molar-refractivity contribution in [1.29, 1.82) is 0 Å². The summed E-state index contributed by atoms with van der Waals surface area (Å²) < 4.78 is 58.0. The lowest BCUT2D eigenvalue weighted by molar-refractivity contribution is -0.174. The molecule has 3 atom stereocenters. The second kappa shape index (κ2) is 18.6. The van der Waals surface area contributed by atoms with E-state index in [2.05, 4.69) is 43.0 Å². The van der Waals surface area contributed by atoms with Gasteiger partial charge in [0.25, 0.3) is 0 Å². The van der Waals surface area contributed by atoms with Crippen molar-refractivity contribution >= 4 is 40.5 Å². The monoisotopic (exact) mass is 792 g/mol. The first kappa shape index (κ1) is 42.6. The number of fused-ring (bicyclic) bond motifs is 1. The number of aromatic nitrogens is 3. The molecular weight excluding hydrogens is 741 g/mol. The van der Waals surface area contributed by atoms with Crippen LogP contribution in [0.15, 0.2) is 42.6 Å². The van der Waals surface area contributed by atoms with E-state index in [-0.39, 0.29) is 47.7 Å². The number of aromatic amines is 1. The van der Waals surface area contributed by atoms with Crippen molar-refractivity contribution in [3.8, 4) is 22.9 Å². The fourth-order valence-corrected chi connectivity index (χ4v) is 7.68. The van der Waals surface area contributed by atoms with E-state index in [1.54, 1.807) is 22.7 Å². The van der Waals surface area contributed by atoms with Gasteiger partial charge in [-0.3, -0.25) is 24.5 Å². The number of H-pyrrole nitrogens is 1. The van der Waals surface area contributed by atoms with Crippen LogP contribution in [0, 0.1) is 31.2 Å². The highest BCUT2D eigenvalue weighted by Crippen LogP contribution is 2.39. The lowest BCUT2D eigenvalue weighted by Crippen LogP contribution is -2.40. The number of carbonyl (C=O) groups is 3. The Morgan fingerprint density at radius 2 is 1.72 bits per heavy atom. The Kier molecular flexibility index (Phi) is 13.9. The van der Waals surface area contributed by atoms with Crippen molar-refractivity contribution in [2.45, 2.75) is 111 Å². The summed E-state index contributed by atoms with van der Waals surface area (Å²) in [4.78, 5) is 45.6. The van der Waals surface area contributed by atoms with Gasteiger partial charge in [0.2, 0.25) is 11.6 Å². The van der Waals surface area contributed by atoms with Gasteiger partial charge in [-0.2, -0.15) is 13.2 Å². The lowest BCUT2D eigenvalue weighted by Gasteiger charge is -2.37. The second-order valence-corrected chi connectivity index (χ2v) is 15.2. The van der Waals surface area contributed by atoms with Crippen molar-refractivity contribution in [2.24, 2.45) is 17.8 Å². The topological polar surface area (TPSA) is 140 Å². The number of ether oxygens (including phenoxy) is 3. The van der Waals surface area contributed by atoms with E-state index in [4.69, 9.17) is 25.8 Å². The average molecular weight is 793 g/mol. The molecule has 306 valence electrons. The number of hydrogen-bond donors (Lipinski definition) is 3. The molecule has 12 nitrogen and oxygen atoms in total. The van der Waals surface area contributed by atoms with Crippen molar-refractivity contribution in [3.05, 3.63) is 65.1 Å². The SMILES string of the molecule is [C-]#[N+]c1cn2[nH]c(-c3ccc(OC)c(Nc4cc(C)ccc4OC(CCCCCC)CCC(=O)NC(=O)C(F)(F)F)c3)nc2c1C(=O)OC1C(C)CC(C)CC1C. The number of imide groups is 1. The van der Waals surface area contributed by atoms with E-state index >= 15 is 0 Å². The van der Waals surface area contributed by atoms with Crippen LogP contribution in [0.1, 0.15) is 101 Å². The van der Waals surface area contributed by atoms with Gasteiger partial charge in [-0.1, -0.05) is 53.0 Å². The number of nitrogens with one attached hydrogen (secondary N) is 3. The molecule has 57 heavy (non-hydrogen) atoms. The number of hydrogen-bond acceptors (Lipinski definition) is 8. The molecule has 0 bridgehead atoms. The Morgan fingerprint density at radius 3 is 2.39 bits per heavy atom. The number of unbranched alkanes of at least 4 members (excludes halogenated alkanes) is 3. The molecule has 15 heteroatoms. The number of benzene rings is 2. The molecule has 1 aliphatic carbocycles. The fraction of sp³-hybridized carbons (Fsp3) is 0.500. The minimum Gasteiger partial charge on any atom is -0.495 e. The normalized spacial score (nSPS) is 18.7. The summed E-state index contributed by atoms with van der Waals surface area (Å²) >= 11 is 0. The van der Waals surface area contributed by atoms with Gasteiger partial charge in [0, 0.05) is 18.2 Å². The Hall–Kier alpha value is -5.52. The predicted molar refractivity (Wildman–Crippen MR) is 210 cm³/mol. The molecule has 3 unspecified atom stereocenters. The van der Waals surface area contributed by atoms with Crippen molar-refractivity contribution in [3.63, 3.8) is 0 Å². The van der Waals surface area contributed by atoms with Crippen LogP contribution >= 0.6 is 0 Å². The molecule has 3 N–H and O–H groups in total. The van der Waals surface area contributed by atoms with Gasteiger partial charge >= 0.3 is 18.1 Å². The zero-order valence-electron chi connectivity index (χ0n) is 33.2.